The van der Waals surface area contributed by atoms with Crippen molar-refractivity contribution in [3.63, 3.8) is 0 Å². The van der Waals surface area contributed by atoms with E-state index in [2.05, 4.69) is 20.5 Å². The number of nitrogens with zero attached hydrogens (tertiary/aromatic N) is 3. The van der Waals surface area contributed by atoms with Crippen molar-refractivity contribution in [2.45, 2.75) is 19.8 Å². The number of thiophene rings is 1. The van der Waals surface area contributed by atoms with Crippen molar-refractivity contribution in [1.29, 1.82) is 0 Å². The van der Waals surface area contributed by atoms with Crippen LogP contribution < -0.4 is 10.1 Å². The maximum atomic E-state index is 11.8. The van der Waals surface area contributed by atoms with Crippen LogP contribution in [-0.2, 0) is 11.2 Å². The molecule has 130 valence electrons. The zero-order valence-corrected chi connectivity index (χ0v) is 14.6. The van der Waals surface area contributed by atoms with Crippen molar-refractivity contribution in [2.24, 2.45) is 0 Å². The van der Waals surface area contributed by atoms with Gasteiger partial charge < -0.3 is 14.5 Å². The largest absolute Gasteiger partial charge is 0.490 e. The summed E-state index contributed by atoms with van der Waals surface area (Å²) < 4.78 is 11.1. The number of pyridine rings is 1. The van der Waals surface area contributed by atoms with Crippen LogP contribution in [0.3, 0.4) is 0 Å². The second-order valence-corrected chi connectivity index (χ2v) is 6.59. The summed E-state index contributed by atoms with van der Waals surface area (Å²) in [4.78, 5) is 17.9. The number of nitrogens with one attached hydrogen (secondary N) is 1. The average molecular weight is 358 g/mol. The Morgan fingerprint density at radius 3 is 3.00 bits per heavy atom. The smallest absolute Gasteiger partial charge is 0.257 e. The molecule has 0 unspecified atom stereocenters. The number of aryl methyl sites for hydroxylation is 2. The number of carbonyl (C=O) groups excluding carboxylic acids is 1. The predicted molar refractivity (Wildman–Crippen MR) is 93.4 cm³/mol. The number of aromatic nitrogens is 3. The summed E-state index contributed by atoms with van der Waals surface area (Å²) in [5.41, 5.74) is 0. The quantitative estimate of drug-likeness (QED) is 0.623. The van der Waals surface area contributed by atoms with Gasteiger partial charge in [0.2, 0.25) is 11.8 Å². The van der Waals surface area contributed by atoms with Crippen LogP contribution in [-0.4, -0.2) is 34.2 Å². The van der Waals surface area contributed by atoms with Crippen LogP contribution in [0.5, 0.6) is 5.75 Å². The van der Waals surface area contributed by atoms with E-state index in [0.717, 1.165) is 4.88 Å². The Bertz CT molecular complexity index is 816. The Balaban J connectivity index is 1.37. The highest BCUT2D eigenvalue weighted by atomic mass is 32.1. The zero-order valence-electron chi connectivity index (χ0n) is 13.8. The first-order valence-corrected chi connectivity index (χ1v) is 8.71. The molecule has 0 bridgehead atoms. The summed E-state index contributed by atoms with van der Waals surface area (Å²) >= 11 is 1.60. The minimum atomic E-state index is -0.0819. The van der Waals surface area contributed by atoms with E-state index in [9.17, 15) is 4.79 Å². The van der Waals surface area contributed by atoms with Crippen molar-refractivity contribution in [3.8, 4) is 16.5 Å². The Kier molecular flexibility index (Phi) is 5.73. The Hall–Kier alpha value is -2.74. The molecule has 3 rings (SSSR count). The second kappa shape index (κ2) is 8.39. The van der Waals surface area contributed by atoms with Gasteiger partial charge in [0.1, 0.15) is 12.4 Å². The molecule has 25 heavy (non-hydrogen) atoms. The van der Waals surface area contributed by atoms with E-state index in [1.807, 2.05) is 25.1 Å². The normalized spacial score (nSPS) is 10.6. The summed E-state index contributed by atoms with van der Waals surface area (Å²) in [6.07, 6.45) is 4.01. The van der Waals surface area contributed by atoms with Crippen molar-refractivity contribution in [1.82, 2.24) is 20.5 Å². The maximum absolute atomic E-state index is 11.8. The average Bonchev–Trinajstić information content (AvgIpc) is 3.26. The van der Waals surface area contributed by atoms with Crippen LogP contribution in [0.4, 0.5) is 0 Å². The fourth-order valence-corrected chi connectivity index (χ4v) is 2.89. The molecular formula is C17H18N4O3S. The van der Waals surface area contributed by atoms with Gasteiger partial charge in [0, 0.05) is 23.9 Å². The third kappa shape index (κ3) is 5.12. The molecule has 3 aromatic heterocycles. The van der Waals surface area contributed by atoms with E-state index in [0.29, 0.717) is 37.1 Å². The summed E-state index contributed by atoms with van der Waals surface area (Å²) in [6.45, 7) is 2.84. The standard InChI is InChI=1S/C17H18N4O3S/c1-12-4-5-14(25-12)17-21-20-16(24-17)7-6-15(22)19-9-10-23-13-3-2-8-18-11-13/h2-5,8,11H,6-7,9-10H2,1H3,(H,19,22). The highest BCUT2D eigenvalue weighted by Crippen LogP contribution is 2.26. The molecule has 1 amide bonds. The summed E-state index contributed by atoms with van der Waals surface area (Å²) in [5, 5.41) is 10.8. The molecule has 3 aromatic rings. The highest BCUT2D eigenvalue weighted by Gasteiger charge is 2.11. The number of carbonyl (C=O) groups is 1. The summed E-state index contributed by atoms with van der Waals surface area (Å²) in [7, 11) is 0. The number of hydrogen-bond acceptors (Lipinski definition) is 7. The molecule has 0 radical (unpaired) electrons. The SMILES string of the molecule is Cc1ccc(-c2nnc(CCC(=O)NCCOc3cccnc3)o2)s1. The van der Waals surface area contributed by atoms with Gasteiger partial charge >= 0.3 is 0 Å². The molecule has 0 aliphatic carbocycles. The lowest BCUT2D eigenvalue weighted by Crippen LogP contribution is -2.28. The third-order valence-electron chi connectivity index (χ3n) is 3.31. The number of rotatable bonds is 8. The topological polar surface area (TPSA) is 90.1 Å². The van der Waals surface area contributed by atoms with Crippen LogP contribution in [0.1, 0.15) is 17.2 Å². The predicted octanol–water partition coefficient (Wildman–Crippen LogP) is 2.63. The van der Waals surface area contributed by atoms with Gasteiger partial charge in [0.05, 0.1) is 17.6 Å². The third-order valence-corrected chi connectivity index (χ3v) is 4.30. The van der Waals surface area contributed by atoms with Gasteiger partial charge in [0.25, 0.3) is 5.89 Å². The first-order chi connectivity index (χ1) is 12.2. The molecule has 0 saturated heterocycles. The zero-order chi connectivity index (χ0) is 17.5. The Morgan fingerprint density at radius 1 is 1.32 bits per heavy atom. The minimum Gasteiger partial charge on any atom is -0.490 e. The lowest BCUT2D eigenvalue weighted by Gasteiger charge is -2.06. The van der Waals surface area contributed by atoms with Crippen molar-refractivity contribution < 1.29 is 13.9 Å². The maximum Gasteiger partial charge on any atom is 0.257 e. The summed E-state index contributed by atoms with van der Waals surface area (Å²) in [6, 6.07) is 7.57. The molecule has 0 aliphatic rings. The molecule has 0 fully saturated rings. The number of ether oxygens (including phenoxy) is 1. The van der Waals surface area contributed by atoms with E-state index >= 15 is 0 Å². The first kappa shape index (κ1) is 17.1. The van der Waals surface area contributed by atoms with Gasteiger partial charge in [-0.05, 0) is 31.2 Å². The van der Waals surface area contributed by atoms with Gasteiger partial charge in [-0.1, -0.05) is 0 Å². The number of amides is 1. The van der Waals surface area contributed by atoms with Gasteiger partial charge in [-0.25, -0.2) is 0 Å². The van der Waals surface area contributed by atoms with E-state index in [1.165, 1.54) is 4.88 Å². The summed E-state index contributed by atoms with van der Waals surface area (Å²) in [5.74, 6) is 1.56. The fraction of sp³-hybridized carbons (Fsp3) is 0.294. The second-order valence-electron chi connectivity index (χ2n) is 5.30. The molecule has 8 heteroatoms. The molecule has 7 nitrogen and oxygen atoms in total. The molecule has 0 atom stereocenters. The van der Waals surface area contributed by atoms with E-state index in [-0.39, 0.29) is 12.3 Å². The van der Waals surface area contributed by atoms with Crippen molar-refractivity contribution in [3.05, 3.63) is 47.4 Å². The van der Waals surface area contributed by atoms with Crippen molar-refractivity contribution >= 4 is 17.2 Å². The Labute approximate surface area is 149 Å². The van der Waals surface area contributed by atoms with Gasteiger partial charge in [0.15, 0.2) is 0 Å². The minimum absolute atomic E-state index is 0.0819. The van der Waals surface area contributed by atoms with Crippen LogP contribution in [0.25, 0.3) is 10.8 Å². The first-order valence-electron chi connectivity index (χ1n) is 7.89. The molecule has 0 aliphatic heterocycles. The van der Waals surface area contributed by atoms with Gasteiger partial charge in [-0.15, -0.1) is 21.5 Å². The molecule has 0 spiro atoms. The van der Waals surface area contributed by atoms with Gasteiger partial charge in [-0.3, -0.25) is 9.78 Å². The van der Waals surface area contributed by atoms with Crippen molar-refractivity contribution in [2.75, 3.05) is 13.2 Å². The molecule has 0 aromatic carbocycles. The molecule has 0 saturated carbocycles. The van der Waals surface area contributed by atoms with Crippen LogP contribution in [0, 0.1) is 6.92 Å². The van der Waals surface area contributed by atoms with Gasteiger partial charge in [-0.2, -0.15) is 0 Å². The van der Waals surface area contributed by atoms with Crippen LogP contribution >= 0.6 is 11.3 Å². The van der Waals surface area contributed by atoms with Crippen LogP contribution in [0.2, 0.25) is 0 Å². The molecular weight excluding hydrogens is 340 g/mol. The lowest BCUT2D eigenvalue weighted by atomic mass is 10.3. The molecule has 1 N–H and O–H groups in total. The fourth-order valence-electron chi connectivity index (χ4n) is 2.10. The lowest BCUT2D eigenvalue weighted by molar-refractivity contribution is -0.121. The van der Waals surface area contributed by atoms with E-state index < -0.39 is 0 Å². The van der Waals surface area contributed by atoms with Crippen LogP contribution in [0.15, 0.2) is 41.1 Å². The monoisotopic (exact) mass is 358 g/mol. The number of hydrogen-bond donors (Lipinski definition) is 1. The highest BCUT2D eigenvalue weighted by molar-refractivity contribution is 7.15. The van der Waals surface area contributed by atoms with E-state index in [4.69, 9.17) is 9.15 Å². The Morgan fingerprint density at radius 2 is 2.24 bits per heavy atom. The molecule has 3 heterocycles. The van der Waals surface area contributed by atoms with E-state index in [1.54, 1.807) is 29.8 Å².